The fourth-order valence-corrected chi connectivity index (χ4v) is 4.94. The summed E-state index contributed by atoms with van der Waals surface area (Å²) in [6.07, 6.45) is 6.67. The van der Waals surface area contributed by atoms with Gasteiger partial charge in [0, 0.05) is 17.6 Å². The lowest BCUT2D eigenvalue weighted by atomic mass is 9.70. The Hall–Kier alpha value is -3.15. The van der Waals surface area contributed by atoms with E-state index in [1.807, 2.05) is 55.5 Å². The predicted molar refractivity (Wildman–Crippen MR) is 139 cm³/mol. The van der Waals surface area contributed by atoms with Crippen LogP contribution in [0.15, 0.2) is 60.7 Å². The summed E-state index contributed by atoms with van der Waals surface area (Å²) >= 11 is 12.7. The first-order valence-electron chi connectivity index (χ1n) is 11.2. The van der Waals surface area contributed by atoms with Crippen LogP contribution in [0.3, 0.4) is 0 Å². The number of carbonyl (C=O) groups is 2. The molecule has 0 radical (unpaired) electrons. The van der Waals surface area contributed by atoms with Crippen LogP contribution in [-0.4, -0.2) is 27.5 Å². The van der Waals surface area contributed by atoms with Crippen molar-refractivity contribution in [3.8, 4) is 5.88 Å². The minimum atomic E-state index is -1.06. The van der Waals surface area contributed by atoms with E-state index in [4.69, 9.17) is 27.9 Å². The number of rotatable bonds is 6. The molecule has 7 heteroatoms. The number of benzene rings is 2. The Balaban J connectivity index is 1.82. The van der Waals surface area contributed by atoms with E-state index < -0.39 is 11.5 Å². The van der Waals surface area contributed by atoms with Crippen LogP contribution in [0.25, 0.3) is 0 Å². The highest BCUT2D eigenvalue weighted by atomic mass is 35.5. The molecule has 1 aliphatic rings. The number of nitrogens with zero attached hydrogens (tertiary/aromatic N) is 2. The molecule has 3 aromatic rings. The van der Waals surface area contributed by atoms with Gasteiger partial charge in [-0.05, 0) is 57.0 Å². The zero-order valence-corrected chi connectivity index (χ0v) is 21.7. The van der Waals surface area contributed by atoms with Crippen LogP contribution in [0.1, 0.15) is 45.2 Å². The number of carbonyl (C=O) groups excluding carboxylic acids is 2. The molecule has 5 nitrogen and oxygen atoms in total. The molecule has 2 atom stereocenters. The van der Waals surface area contributed by atoms with Gasteiger partial charge in [-0.25, -0.2) is 4.68 Å². The molecule has 2 unspecified atom stereocenters. The molecule has 0 fully saturated rings. The first-order chi connectivity index (χ1) is 16.6. The Morgan fingerprint density at radius 3 is 2.37 bits per heavy atom. The molecule has 180 valence electrons. The number of ether oxygens (including phenoxy) is 1. The number of aromatic nitrogens is 2. The number of allylic oxidation sites excluding steroid dienone is 2. The SMILES string of the molecule is CC(=O)C1(c2ccc(C)cc2)C=CC=CC1Oc1c(C(=O)c2ccc(Cl)c(C)c2Cl)c(C)nn1C. The van der Waals surface area contributed by atoms with Gasteiger partial charge in [-0.15, -0.1) is 0 Å². The van der Waals surface area contributed by atoms with Crippen LogP contribution in [0.5, 0.6) is 5.88 Å². The number of hydrogen-bond acceptors (Lipinski definition) is 4. The van der Waals surface area contributed by atoms with Crippen molar-refractivity contribution in [2.45, 2.75) is 39.2 Å². The second-order valence-electron chi connectivity index (χ2n) is 8.83. The topological polar surface area (TPSA) is 61.2 Å². The molecule has 0 spiro atoms. The van der Waals surface area contributed by atoms with Gasteiger partial charge in [0.2, 0.25) is 11.7 Å². The maximum atomic E-state index is 13.7. The van der Waals surface area contributed by atoms with Crippen molar-refractivity contribution in [3.63, 3.8) is 0 Å². The van der Waals surface area contributed by atoms with Gasteiger partial charge < -0.3 is 4.74 Å². The van der Waals surface area contributed by atoms with E-state index >= 15 is 0 Å². The maximum Gasteiger partial charge on any atom is 0.223 e. The Bertz CT molecular complexity index is 1390. The highest BCUT2D eigenvalue weighted by Gasteiger charge is 2.45. The molecule has 0 aliphatic heterocycles. The average Bonchev–Trinajstić information content (AvgIpc) is 3.10. The minimum Gasteiger partial charge on any atom is -0.468 e. The normalized spacial score (nSPS) is 19.1. The molecular weight excluding hydrogens is 483 g/mol. The van der Waals surface area contributed by atoms with E-state index in [0.29, 0.717) is 27.4 Å². The van der Waals surface area contributed by atoms with Crippen molar-refractivity contribution >= 4 is 34.8 Å². The van der Waals surface area contributed by atoms with Gasteiger partial charge >= 0.3 is 0 Å². The summed E-state index contributed by atoms with van der Waals surface area (Å²) in [4.78, 5) is 26.8. The molecule has 0 N–H and O–H groups in total. The molecule has 2 aromatic carbocycles. The Morgan fingerprint density at radius 2 is 1.71 bits per heavy atom. The van der Waals surface area contributed by atoms with Crippen molar-refractivity contribution in [3.05, 3.63) is 104 Å². The molecule has 4 rings (SSSR count). The number of Topliss-reactive ketones (excluding diaryl/α,β-unsaturated/α-hetero) is 1. The van der Waals surface area contributed by atoms with E-state index in [2.05, 4.69) is 5.10 Å². The average molecular weight is 509 g/mol. The number of aryl methyl sites for hydroxylation is 3. The summed E-state index contributed by atoms with van der Waals surface area (Å²) in [5, 5.41) is 5.21. The Kier molecular flexibility index (Phi) is 6.76. The molecule has 1 heterocycles. The summed E-state index contributed by atoms with van der Waals surface area (Å²) < 4.78 is 8.01. The fourth-order valence-electron chi connectivity index (χ4n) is 4.49. The summed E-state index contributed by atoms with van der Waals surface area (Å²) in [5.74, 6) is -0.136. The van der Waals surface area contributed by atoms with Crippen LogP contribution in [0.4, 0.5) is 0 Å². The first kappa shape index (κ1) is 25.0. The third kappa shape index (κ3) is 4.24. The first-order valence-corrected chi connectivity index (χ1v) is 12.0. The van der Waals surface area contributed by atoms with Gasteiger partial charge in [-0.3, -0.25) is 9.59 Å². The molecule has 35 heavy (non-hydrogen) atoms. The smallest absolute Gasteiger partial charge is 0.223 e. The molecule has 0 bridgehead atoms. The van der Waals surface area contributed by atoms with Gasteiger partial charge in [0.05, 0.1) is 10.7 Å². The zero-order chi connectivity index (χ0) is 25.5. The monoisotopic (exact) mass is 508 g/mol. The maximum absolute atomic E-state index is 13.7. The zero-order valence-electron chi connectivity index (χ0n) is 20.2. The van der Waals surface area contributed by atoms with Crippen LogP contribution in [-0.2, 0) is 17.3 Å². The number of hydrogen-bond donors (Lipinski definition) is 0. The Labute approximate surface area is 215 Å². The summed E-state index contributed by atoms with van der Waals surface area (Å²) in [6, 6.07) is 11.1. The van der Waals surface area contributed by atoms with Crippen molar-refractivity contribution < 1.29 is 14.3 Å². The van der Waals surface area contributed by atoms with Gasteiger partial charge in [0.15, 0.2) is 0 Å². The highest BCUT2D eigenvalue weighted by Crippen LogP contribution is 2.39. The Morgan fingerprint density at radius 1 is 1.03 bits per heavy atom. The van der Waals surface area contributed by atoms with Crippen molar-refractivity contribution in [1.29, 1.82) is 0 Å². The van der Waals surface area contributed by atoms with Crippen LogP contribution >= 0.6 is 23.2 Å². The van der Waals surface area contributed by atoms with Crippen molar-refractivity contribution in [2.24, 2.45) is 7.05 Å². The standard InChI is InChI=1S/C28H26Cl2N2O3/c1-16-9-11-20(12-10-16)28(19(4)33)15-7-6-8-23(28)35-27-24(18(3)31-32(27)5)26(34)21-13-14-22(29)17(2)25(21)30/h6-15,23H,1-5H3. The van der Waals surface area contributed by atoms with Crippen molar-refractivity contribution in [1.82, 2.24) is 9.78 Å². The van der Waals surface area contributed by atoms with E-state index in [-0.39, 0.29) is 22.5 Å². The quantitative estimate of drug-likeness (QED) is 0.367. The van der Waals surface area contributed by atoms with E-state index in [9.17, 15) is 9.59 Å². The van der Waals surface area contributed by atoms with Crippen LogP contribution < -0.4 is 4.74 Å². The number of halogens is 2. The van der Waals surface area contributed by atoms with E-state index in [1.165, 1.54) is 4.68 Å². The summed E-state index contributed by atoms with van der Waals surface area (Å²) in [7, 11) is 1.71. The molecule has 0 saturated carbocycles. The summed E-state index contributed by atoms with van der Waals surface area (Å²) in [5.41, 5.74) is 2.56. The van der Waals surface area contributed by atoms with Crippen LogP contribution in [0, 0.1) is 20.8 Å². The van der Waals surface area contributed by atoms with Crippen LogP contribution in [0.2, 0.25) is 10.0 Å². The van der Waals surface area contributed by atoms with Gasteiger partial charge in [0.25, 0.3) is 0 Å². The van der Waals surface area contributed by atoms with Gasteiger partial charge in [-0.2, -0.15) is 5.10 Å². The third-order valence-corrected chi connectivity index (χ3v) is 7.41. The second-order valence-corrected chi connectivity index (χ2v) is 9.61. The molecule has 1 aliphatic carbocycles. The second kappa shape index (κ2) is 9.48. The molecule has 0 saturated heterocycles. The lowest BCUT2D eigenvalue weighted by Crippen LogP contribution is -2.47. The highest BCUT2D eigenvalue weighted by molar-refractivity contribution is 6.38. The lowest BCUT2D eigenvalue weighted by Gasteiger charge is -2.37. The molecule has 0 amide bonds. The predicted octanol–water partition coefficient (Wildman–Crippen LogP) is 6.28. The molecular formula is C28H26Cl2N2O3. The lowest BCUT2D eigenvalue weighted by molar-refractivity contribution is -0.123. The van der Waals surface area contributed by atoms with Gasteiger partial charge in [-0.1, -0.05) is 71.3 Å². The largest absolute Gasteiger partial charge is 0.468 e. The summed E-state index contributed by atoms with van der Waals surface area (Å²) in [6.45, 7) is 7.05. The van der Waals surface area contributed by atoms with E-state index in [1.54, 1.807) is 40.0 Å². The third-order valence-electron chi connectivity index (χ3n) is 6.52. The van der Waals surface area contributed by atoms with E-state index in [0.717, 1.165) is 11.1 Å². The van der Waals surface area contributed by atoms with Gasteiger partial charge in [0.1, 0.15) is 22.9 Å². The molecule has 1 aromatic heterocycles. The van der Waals surface area contributed by atoms with Crippen molar-refractivity contribution in [2.75, 3.05) is 0 Å². The fraction of sp³-hybridized carbons (Fsp3) is 0.250. The minimum absolute atomic E-state index is 0.0740. The number of ketones is 2.